The van der Waals surface area contributed by atoms with E-state index in [1.165, 1.54) is 6.92 Å². The molecular formula is C70H119N5O50. The van der Waals surface area contributed by atoms with Gasteiger partial charge in [0.15, 0.2) is 56.6 Å². The third-order valence-corrected chi connectivity index (χ3v) is 22.5. The average molecular weight is 1830 g/mol. The smallest absolute Gasteiger partial charge is 0.217 e. The molecule has 0 unspecified atom stereocenters. The van der Waals surface area contributed by atoms with Gasteiger partial charge < -0.3 is 250 Å². The van der Waals surface area contributed by atoms with Gasteiger partial charge in [-0.3, -0.25) is 24.0 Å². The summed E-state index contributed by atoms with van der Waals surface area (Å²) >= 11 is 0. The van der Waals surface area contributed by atoms with Crippen LogP contribution in [-0.4, -0.2) is 534 Å². The van der Waals surface area contributed by atoms with E-state index in [1.807, 2.05) is 0 Å². The summed E-state index contributed by atoms with van der Waals surface area (Å²) in [6.45, 7) is -5.36. The van der Waals surface area contributed by atoms with Gasteiger partial charge in [0.05, 0.1) is 78.2 Å². The van der Waals surface area contributed by atoms with Crippen molar-refractivity contribution in [2.75, 3.05) is 66.1 Å². The highest BCUT2D eigenvalue weighted by molar-refractivity contribution is 5.75. The summed E-state index contributed by atoms with van der Waals surface area (Å²) < 4.78 is 107. The van der Waals surface area contributed by atoms with Crippen molar-refractivity contribution in [1.82, 2.24) is 26.6 Å². The first-order chi connectivity index (χ1) is 59.0. The summed E-state index contributed by atoms with van der Waals surface area (Å²) in [5.41, 5.74) is 0. The van der Waals surface area contributed by atoms with Gasteiger partial charge in [-0.1, -0.05) is 0 Å². The van der Waals surface area contributed by atoms with Gasteiger partial charge >= 0.3 is 0 Å². The van der Waals surface area contributed by atoms with E-state index in [4.69, 9.17) is 85.3 Å². The third kappa shape index (κ3) is 24.1. The van der Waals surface area contributed by atoms with Gasteiger partial charge in [0.1, 0.15) is 232 Å². The molecule has 0 aromatic heterocycles. The number of hydrogen-bond donors (Lipinski definition) is 32. The van der Waals surface area contributed by atoms with Crippen LogP contribution in [0.2, 0.25) is 0 Å². The molecular weight excluding hydrogens is 1710 g/mol. The van der Waals surface area contributed by atoms with Gasteiger partial charge in [-0.15, -0.1) is 0 Å². The summed E-state index contributed by atoms with van der Waals surface area (Å²) in [5.74, 6) is -4.66. The lowest BCUT2D eigenvalue weighted by molar-refractivity contribution is -0.398. The molecule has 9 aliphatic rings. The molecule has 32 N–H and O–H groups in total. The van der Waals surface area contributed by atoms with E-state index in [0.717, 1.165) is 34.6 Å². The summed E-state index contributed by atoms with van der Waals surface area (Å²) in [6.07, 6.45) is -92.7. The molecule has 55 heteroatoms. The fraction of sp³-hybridized carbons (Fsp3) is 0.929. The molecule has 9 heterocycles. The second kappa shape index (κ2) is 46.3. The highest BCUT2D eigenvalue weighted by atomic mass is 16.8. The molecule has 49 atom stereocenters. The Hall–Kier alpha value is -4.45. The molecule has 55 nitrogen and oxygen atoms in total. The minimum absolute atomic E-state index is 0.814. The standard InChI is InChI=1S/C70H119N5O50/c1-17-37(90)48(101)52(105)66(110-17)108-15-24(89)55(38(91)23(7-76)71-18(2)84)119-63-34(73-20(4)86)46(99)58(31(14-83)115-63)122-68-54(107)59(123-70-61(51(104)42(95)28(11-80)114-70)125-65-36(75-22(6)88)47(100)57(30(13-82)117-65)121-67-53(106)49(102)40(93)26(9-78)112-67)43(96)32(118-68)16-109-69-60(50(103)41(94)27(10-79)113-69)124-64-35(74-21(5)87)45(98)56(29(12-81)116-64)120-62-33(72-19(3)85)44(97)39(92)25(8-77)111-62/h17,23-70,76-83,89-107H,7-16H2,1-6H3,(H,71,84)(H,72,85)(H,73,86)(H,74,87)(H,75,88)/t17-,23-,24+,25+,26+,27+,28+,29+,30+,31+,32+,33+,34+,35+,36+,37+,38+,39-,40-,41+,42+,43+,44+,45+,46+,47+,48+,49-,50-,51-,52-,53+,54-,55+,56+,57+,58+,59-,60-,61-,62-,63-,64-,65-,66+,67-,68-,69-,70+/m0/s1. The van der Waals surface area contributed by atoms with Crippen molar-refractivity contribution < 1.29 is 247 Å². The van der Waals surface area contributed by atoms with Crippen LogP contribution in [0, 0.1) is 0 Å². The first-order valence-corrected chi connectivity index (χ1v) is 39.9. The van der Waals surface area contributed by atoms with Gasteiger partial charge in [0.2, 0.25) is 29.5 Å². The molecule has 0 aromatic carbocycles. The maximum absolute atomic E-state index is 13.3. The summed E-state index contributed by atoms with van der Waals surface area (Å²) in [7, 11) is 0. The van der Waals surface area contributed by atoms with E-state index in [9.17, 15) is 162 Å². The Morgan fingerprint density at radius 3 is 1.06 bits per heavy atom. The van der Waals surface area contributed by atoms with Crippen LogP contribution in [0.1, 0.15) is 41.5 Å². The van der Waals surface area contributed by atoms with Crippen molar-refractivity contribution in [1.29, 1.82) is 0 Å². The number of carbonyl (C=O) groups excluding carboxylic acids is 5. The van der Waals surface area contributed by atoms with Crippen molar-refractivity contribution >= 4 is 29.5 Å². The third-order valence-electron chi connectivity index (χ3n) is 22.5. The molecule has 0 aliphatic carbocycles. The normalized spacial score (nSPS) is 46.1. The average Bonchev–Trinajstić information content (AvgIpc) is 0.764. The first-order valence-electron chi connectivity index (χ1n) is 39.9. The van der Waals surface area contributed by atoms with Gasteiger partial charge in [-0.25, -0.2) is 0 Å². The van der Waals surface area contributed by atoms with Gasteiger partial charge in [-0.05, 0) is 6.92 Å². The minimum Gasteiger partial charge on any atom is -0.394 e. The Morgan fingerprint density at radius 1 is 0.296 bits per heavy atom. The lowest BCUT2D eigenvalue weighted by atomic mass is 9.94. The van der Waals surface area contributed by atoms with E-state index in [0.29, 0.717) is 0 Å². The maximum atomic E-state index is 13.3. The molecule has 5 amide bonds. The van der Waals surface area contributed by atoms with Crippen LogP contribution in [0.4, 0.5) is 0 Å². The fourth-order valence-electron chi connectivity index (χ4n) is 15.8. The minimum atomic E-state index is -2.65. The Kier molecular flexibility index (Phi) is 38.6. The molecule has 9 aliphatic heterocycles. The predicted octanol–water partition coefficient (Wildman–Crippen LogP) is -21.4. The van der Waals surface area contributed by atoms with Gasteiger partial charge in [0.25, 0.3) is 0 Å². The van der Waals surface area contributed by atoms with E-state index >= 15 is 0 Å². The number of aliphatic hydroxyl groups excluding tert-OH is 27. The van der Waals surface area contributed by atoms with Crippen molar-refractivity contribution in [3.05, 3.63) is 0 Å². The number of hydrogen-bond acceptors (Lipinski definition) is 50. The summed E-state index contributed by atoms with van der Waals surface area (Å²) in [4.78, 5) is 64.1. The first kappa shape index (κ1) is 104. The molecule has 9 fully saturated rings. The monoisotopic (exact) mass is 1830 g/mol. The van der Waals surface area contributed by atoms with E-state index in [2.05, 4.69) is 26.6 Å². The Balaban J connectivity index is 1.07. The molecule has 724 valence electrons. The van der Waals surface area contributed by atoms with E-state index < -0.39 is 396 Å². The molecule has 0 spiro atoms. The van der Waals surface area contributed by atoms with E-state index in [1.54, 1.807) is 0 Å². The zero-order chi connectivity index (χ0) is 92.5. The Bertz CT molecular complexity index is 3370. The molecule has 0 bridgehead atoms. The number of amides is 5. The van der Waals surface area contributed by atoms with Crippen molar-refractivity contribution in [3.63, 3.8) is 0 Å². The topological polar surface area (TPSA) is 858 Å². The number of aliphatic hydroxyl groups is 27. The van der Waals surface area contributed by atoms with Crippen LogP contribution < -0.4 is 26.6 Å². The maximum Gasteiger partial charge on any atom is 0.217 e. The molecule has 9 saturated heterocycles. The van der Waals surface area contributed by atoms with Crippen molar-refractivity contribution in [3.8, 4) is 0 Å². The summed E-state index contributed by atoms with van der Waals surface area (Å²) in [5, 5.41) is 314. The zero-order valence-corrected chi connectivity index (χ0v) is 67.8. The second-order valence-electron chi connectivity index (χ2n) is 31.5. The molecule has 0 aromatic rings. The highest BCUT2D eigenvalue weighted by Gasteiger charge is 2.61. The summed E-state index contributed by atoms with van der Waals surface area (Å²) in [6, 6.07) is -9.46. The quantitative estimate of drug-likeness (QED) is 0.0277. The van der Waals surface area contributed by atoms with Crippen LogP contribution in [0.15, 0.2) is 0 Å². The van der Waals surface area contributed by atoms with E-state index in [-0.39, 0.29) is 0 Å². The van der Waals surface area contributed by atoms with Crippen molar-refractivity contribution in [2.45, 2.75) is 342 Å². The molecule has 9 rings (SSSR count). The lowest BCUT2D eigenvalue weighted by Gasteiger charge is -2.51. The Labute approximate surface area is 709 Å². The SMILES string of the molecule is CC(=O)N[C@H]1[C@H](O[C@@H]([C@H](O)[C@H](CO)NC(C)=O)[C@H](O)CO[C@@H]2O[C@@H](C)[C@@H](O)[C@@H](O)[C@@H]2O)O[C@H](CO)[C@@H](O[C@@H]2O[C@H](CO[C@H]3O[C@H](CO)[C@@H](O)[C@H](O)[C@@H]3O[C@@H]3O[C@H](CO)[C@@H](O[C@@H]4O[C@H](CO)[C@H](O)[C@H](O)[C@H]4NC(C)=O)[C@H](O)[C@H]3NC(C)=O)[C@@H](O)[C@H](O[C@H]3O[C@H](CO)[C@@H](O)[C@H](O)[C@@H]3O[C@@H]3O[C@H](CO)[C@@H](O[C@@H]4O[C@H](CO)[C@H](O)[C@H](O)[C@H]4O)[C@H](O)[C@H]3NC(C)=O)[C@@H]2O)[C@@H]1O. The van der Waals surface area contributed by atoms with Crippen LogP contribution >= 0.6 is 0 Å². The lowest BCUT2D eigenvalue weighted by Crippen LogP contribution is -2.70. The fourth-order valence-corrected chi connectivity index (χ4v) is 15.8. The van der Waals surface area contributed by atoms with Crippen LogP contribution in [0.5, 0.6) is 0 Å². The molecule has 0 saturated carbocycles. The highest BCUT2D eigenvalue weighted by Crippen LogP contribution is 2.40. The molecule has 125 heavy (non-hydrogen) atoms. The predicted molar refractivity (Wildman–Crippen MR) is 388 cm³/mol. The molecule has 0 radical (unpaired) electrons. The number of rotatable bonds is 36. The largest absolute Gasteiger partial charge is 0.394 e. The Morgan fingerprint density at radius 2 is 0.624 bits per heavy atom. The van der Waals surface area contributed by atoms with Crippen LogP contribution in [0.25, 0.3) is 0 Å². The van der Waals surface area contributed by atoms with Gasteiger partial charge in [-0.2, -0.15) is 0 Å². The number of carbonyl (C=O) groups is 5. The zero-order valence-electron chi connectivity index (χ0n) is 67.8. The van der Waals surface area contributed by atoms with Gasteiger partial charge in [0, 0.05) is 34.6 Å². The van der Waals surface area contributed by atoms with Crippen molar-refractivity contribution in [2.24, 2.45) is 0 Å². The second-order valence-corrected chi connectivity index (χ2v) is 31.5. The van der Waals surface area contributed by atoms with Crippen LogP contribution in [0.3, 0.4) is 0 Å². The van der Waals surface area contributed by atoms with Crippen LogP contribution in [-0.2, 0) is 109 Å². The number of ether oxygens (including phenoxy) is 18. The number of nitrogens with one attached hydrogen (secondary N) is 5.